The summed E-state index contributed by atoms with van der Waals surface area (Å²) in [4.78, 5) is 2.35. The Morgan fingerprint density at radius 2 is 2.17 bits per heavy atom. The minimum Gasteiger partial charge on any atom is -0.383 e. The SMILES string of the molecule is CN1CCCCC1CCNc1cc(F)ccc1F. The quantitative estimate of drug-likeness (QED) is 0.887. The lowest BCUT2D eigenvalue weighted by Crippen LogP contribution is -2.37. The van der Waals surface area contributed by atoms with Crippen molar-refractivity contribution in [2.24, 2.45) is 0 Å². The maximum absolute atomic E-state index is 13.4. The number of nitrogens with one attached hydrogen (secondary N) is 1. The second kappa shape index (κ2) is 6.14. The molecule has 100 valence electrons. The first-order chi connectivity index (χ1) is 8.66. The highest BCUT2D eigenvalue weighted by atomic mass is 19.1. The molecule has 1 unspecified atom stereocenters. The van der Waals surface area contributed by atoms with Gasteiger partial charge in [-0.25, -0.2) is 8.78 Å². The first-order valence-corrected chi connectivity index (χ1v) is 6.56. The minimum absolute atomic E-state index is 0.258. The summed E-state index contributed by atoms with van der Waals surface area (Å²) in [5.74, 6) is -0.804. The van der Waals surface area contributed by atoms with E-state index in [4.69, 9.17) is 0 Å². The van der Waals surface area contributed by atoms with E-state index in [1.165, 1.54) is 25.3 Å². The molecule has 1 aliphatic heterocycles. The summed E-state index contributed by atoms with van der Waals surface area (Å²) in [6, 6.07) is 4.06. The van der Waals surface area contributed by atoms with E-state index in [0.717, 1.165) is 25.1 Å². The van der Waals surface area contributed by atoms with Gasteiger partial charge in [-0.15, -0.1) is 0 Å². The number of hydrogen-bond acceptors (Lipinski definition) is 2. The van der Waals surface area contributed by atoms with Crippen LogP contribution >= 0.6 is 0 Å². The number of likely N-dealkylation sites (tertiary alicyclic amines) is 1. The molecule has 18 heavy (non-hydrogen) atoms. The van der Waals surface area contributed by atoms with Gasteiger partial charge in [0.15, 0.2) is 0 Å². The largest absolute Gasteiger partial charge is 0.383 e. The third-order valence-electron chi connectivity index (χ3n) is 3.64. The minimum atomic E-state index is -0.409. The molecular weight excluding hydrogens is 234 g/mol. The second-order valence-electron chi connectivity index (χ2n) is 4.97. The highest BCUT2D eigenvalue weighted by Gasteiger charge is 2.18. The lowest BCUT2D eigenvalue weighted by atomic mass is 10.0. The van der Waals surface area contributed by atoms with Gasteiger partial charge in [0.1, 0.15) is 11.6 Å². The van der Waals surface area contributed by atoms with Crippen LogP contribution < -0.4 is 5.32 Å². The molecule has 0 bridgehead atoms. The highest BCUT2D eigenvalue weighted by Crippen LogP contribution is 2.19. The summed E-state index contributed by atoms with van der Waals surface area (Å²) in [6.45, 7) is 1.81. The zero-order chi connectivity index (χ0) is 13.0. The molecule has 1 saturated heterocycles. The van der Waals surface area contributed by atoms with Gasteiger partial charge in [0.25, 0.3) is 0 Å². The van der Waals surface area contributed by atoms with E-state index >= 15 is 0 Å². The van der Waals surface area contributed by atoms with Crippen LogP contribution in [-0.4, -0.2) is 31.1 Å². The lowest BCUT2D eigenvalue weighted by Gasteiger charge is -2.32. The van der Waals surface area contributed by atoms with Crippen LogP contribution in [0.3, 0.4) is 0 Å². The van der Waals surface area contributed by atoms with E-state index in [1.807, 2.05) is 0 Å². The van der Waals surface area contributed by atoms with E-state index < -0.39 is 11.6 Å². The van der Waals surface area contributed by atoms with Gasteiger partial charge in [0.2, 0.25) is 0 Å². The van der Waals surface area contributed by atoms with Crippen LogP contribution in [0.25, 0.3) is 0 Å². The molecule has 0 amide bonds. The van der Waals surface area contributed by atoms with Crippen molar-refractivity contribution in [2.45, 2.75) is 31.7 Å². The first kappa shape index (κ1) is 13.3. The van der Waals surface area contributed by atoms with Crippen LogP contribution in [0.2, 0.25) is 0 Å². The Balaban J connectivity index is 1.82. The monoisotopic (exact) mass is 254 g/mol. The number of benzene rings is 1. The summed E-state index contributed by atoms with van der Waals surface area (Å²) >= 11 is 0. The Hall–Kier alpha value is -1.16. The lowest BCUT2D eigenvalue weighted by molar-refractivity contribution is 0.179. The number of halogens is 2. The van der Waals surface area contributed by atoms with Crippen LogP contribution in [0.1, 0.15) is 25.7 Å². The first-order valence-electron chi connectivity index (χ1n) is 6.56. The number of hydrogen-bond donors (Lipinski definition) is 1. The number of anilines is 1. The van der Waals surface area contributed by atoms with Gasteiger partial charge >= 0.3 is 0 Å². The van der Waals surface area contributed by atoms with Crippen molar-refractivity contribution in [3.8, 4) is 0 Å². The average Bonchev–Trinajstić information content (AvgIpc) is 2.36. The molecule has 1 heterocycles. The van der Waals surface area contributed by atoms with Crippen molar-refractivity contribution in [3.63, 3.8) is 0 Å². The number of nitrogens with zero attached hydrogens (tertiary/aromatic N) is 1. The molecule has 1 aromatic carbocycles. The molecule has 1 fully saturated rings. The van der Waals surface area contributed by atoms with Crippen LogP contribution in [0.15, 0.2) is 18.2 Å². The van der Waals surface area contributed by atoms with Crippen molar-refractivity contribution < 1.29 is 8.78 Å². The summed E-state index contributed by atoms with van der Waals surface area (Å²) in [6.07, 6.45) is 4.69. The Kier molecular flexibility index (Phi) is 4.53. The Morgan fingerprint density at radius 1 is 1.33 bits per heavy atom. The summed E-state index contributed by atoms with van der Waals surface area (Å²) in [5.41, 5.74) is 0.258. The molecule has 1 aliphatic rings. The topological polar surface area (TPSA) is 15.3 Å². The van der Waals surface area contributed by atoms with Crippen molar-refractivity contribution in [2.75, 3.05) is 25.5 Å². The molecule has 0 aliphatic carbocycles. The molecule has 1 aromatic rings. The fraction of sp³-hybridized carbons (Fsp3) is 0.571. The van der Waals surface area contributed by atoms with Gasteiger partial charge < -0.3 is 10.2 Å². The molecule has 2 rings (SSSR count). The third kappa shape index (κ3) is 3.42. The Labute approximate surface area is 107 Å². The fourth-order valence-corrected chi connectivity index (χ4v) is 2.52. The zero-order valence-electron chi connectivity index (χ0n) is 10.8. The van der Waals surface area contributed by atoms with Crippen molar-refractivity contribution in [3.05, 3.63) is 29.8 Å². The summed E-state index contributed by atoms with van der Waals surface area (Å²) < 4.78 is 26.3. The molecule has 0 aromatic heterocycles. The standard InChI is InChI=1S/C14H20F2N2/c1-18-9-3-2-4-12(18)7-8-17-14-10-11(15)5-6-13(14)16/h5-6,10,12,17H,2-4,7-9H2,1H3. The second-order valence-corrected chi connectivity index (χ2v) is 4.97. The van der Waals surface area contributed by atoms with Gasteiger partial charge in [0.05, 0.1) is 5.69 Å². The van der Waals surface area contributed by atoms with Gasteiger partial charge in [-0.05, 0) is 51.1 Å². The van der Waals surface area contributed by atoms with Gasteiger partial charge in [-0.1, -0.05) is 6.42 Å². The van der Waals surface area contributed by atoms with E-state index in [2.05, 4.69) is 17.3 Å². The van der Waals surface area contributed by atoms with Crippen LogP contribution in [0.5, 0.6) is 0 Å². The zero-order valence-corrected chi connectivity index (χ0v) is 10.8. The van der Waals surface area contributed by atoms with Crippen molar-refractivity contribution >= 4 is 5.69 Å². The molecule has 1 atom stereocenters. The van der Waals surface area contributed by atoms with Crippen LogP contribution in [-0.2, 0) is 0 Å². The van der Waals surface area contributed by atoms with E-state index in [0.29, 0.717) is 12.6 Å². The van der Waals surface area contributed by atoms with Crippen LogP contribution in [0.4, 0.5) is 14.5 Å². The Morgan fingerprint density at radius 3 is 2.94 bits per heavy atom. The molecule has 0 radical (unpaired) electrons. The van der Waals surface area contributed by atoms with Crippen LogP contribution in [0, 0.1) is 11.6 Å². The Bertz CT molecular complexity index is 395. The third-order valence-corrected chi connectivity index (χ3v) is 3.64. The van der Waals surface area contributed by atoms with Gasteiger partial charge in [-0.3, -0.25) is 0 Å². The maximum atomic E-state index is 13.4. The average molecular weight is 254 g/mol. The summed E-state index contributed by atoms with van der Waals surface area (Å²) in [7, 11) is 2.13. The highest BCUT2D eigenvalue weighted by molar-refractivity contribution is 5.44. The van der Waals surface area contributed by atoms with E-state index in [-0.39, 0.29) is 5.69 Å². The molecule has 4 heteroatoms. The van der Waals surface area contributed by atoms with Gasteiger partial charge in [-0.2, -0.15) is 0 Å². The van der Waals surface area contributed by atoms with Crippen molar-refractivity contribution in [1.82, 2.24) is 4.90 Å². The molecule has 2 nitrogen and oxygen atoms in total. The number of rotatable bonds is 4. The number of piperidine rings is 1. The fourth-order valence-electron chi connectivity index (χ4n) is 2.52. The summed E-state index contributed by atoms with van der Waals surface area (Å²) in [5, 5.41) is 2.98. The van der Waals surface area contributed by atoms with Crippen molar-refractivity contribution in [1.29, 1.82) is 0 Å². The van der Waals surface area contributed by atoms with E-state index in [1.54, 1.807) is 0 Å². The van der Waals surface area contributed by atoms with E-state index in [9.17, 15) is 8.78 Å². The maximum Gasteiger partial charge on any atom is 0.146 e. The predicted molar refractivity (Wildman–Crippen MR) is 69.7 cm³/mol. The smallest absolute Gasteiger partial charge is 0.146 e. The molecule has 1 N–H and O–H groups in total. The predicted octanol–water partition coefficient (Wildman–Crippen LogP) is 3.25. The van der Waals surface area contributed by atoms with Gasteiger partial charge in [0, 0.05) is 12.6 Å². The molecule has 0 spiro atoms. The molecule has 0 saturated carbocycles. The normalized spacial score (nSPS) is 20.9. The molecular formula is C14H20F2N2.